The van der Waals surface area contributed by atoms with Crippen molar-refractivity contribution in [2.75, 3.05) is 13.1 Å². The Labute approximate surface area is 118 Å². The maximum absolute atomic E-state index is 13.2. The molecule has 1 heterocycles. The van der Waals surface area contributed by atoms with Crippen LogP contribution >= 0.6 is 15.9 Å². The fraction of sp³-hybridized carbons (Fsp3) is 0.385. The number of carbonyl (C=O) groups excluding carboxylic acids is 1. The summed E-state index contributed by atoms with van der Waals surface area (Å²) >= 11 is 3.15. The summed E-state index contributed by atoms with van der Waals surface area (Å²) in [4.78, 5) is 24.4. The number of benzene rings is 1. The predicted octanol–water partition coefficient (Wildman–Crippen LogP) is 2.53. The summed E-state index contributed by atoms with van der Waals surface area (Å²) in [6, 6.07) is 4.04. The Balaban J connectivity index is 2.06. The molecule has 1 N–H and O–H groups in total. The predicted molar refractivity (Wildman–Crippen MR) is 70.4 cm³/mol. The van der Waals surface area contributed by atoms with Gasteiger partial charge in [-0.2, -0.15) is 0 Å². The average molecular weight is 330 g/mol. The molecule has 1 unspecified atom stereocenters. The van der Waals surface area contributed by atoms with E-state index in [9.17, 15) is 14.0 Å². The normalized spacial score (nSPS) is 18.6. The summed E-state index contributed by atoms with van der Waals surface area (Å²) in [5.41, 5.74) is 0.280. The third-order valence-electron chi connectivity index (χ3n) is 3.15. The second-order valence-electron chi connectivity index (χ2n) is 4.66. The molecule has 0 radical (unpaired) electrons. The van der Waals surface area contributed by atoms with Crippen LogP contribution in [0.2, 0.25) is 0 Å². The summed E-state index contributed by atoms with van der Waals surface area (Å²) < 4.78 is 13.8. The Hall–Kier alpha value is -1.43. The van der Waals surface area contributed by atoms with Crippen LogP contribution in [0.15, 0.2) is 22.7 Å². The molecule has 1 aliphatic rings. The van der Waals surface area contributed by atoms with Gasteiger partial charge in [-0.1, -0.05) is 15.9 Å². The third kappa shape index (κ3) is 3.53. The zero-order chi connectivity index (χ0) is 14.0. The summed E-state index contributed by atoms with van der Waals surface area (Å²) in [5.74, 6) is -1.60. The molecule has 1 amide bonds. The minimum atomic E-state index is -0.854. The van der Waals surface area contributed by atoms with E-state index in [1.54, 1.807) is 11.0 Å². The fourth-order valence-corrected chi connectivity index (χ4v) is 2.76. The maximum atomic E-state index is 13.2. The van der Waals surface area contributed by atoms with E-state index >= 15 is 0 Å². The van der Waals surface area contributed by atoms with Crippen molar-refractivity contribution in [1.29, 1.82) is 0 Å². The Bertz CT molecular complexity index is 500. The number of likely N-dealkylation sites (tertiary alicyclic amines) is 1. The Kier molecular flexibility index (Phi) is 4.19. The van der Waals surface area contributed by atoms with Crippen molar-refractivity contribution in [2.24, 2.45) is 5.92 Å². The minimum Gasteiger partial charge on any atom is -0.481 e. The number of carboxylic acids is 1. The molecule has 1 aromatic rings. The van der Waals surface area contributed by atoms with Crippen molar-refractivity contribution < 1.29 is 19.1 Å². The van der Waals surface area contributed by atoms with Gasteiger partial charge in [0, 0.05) is 29.5 Å². The van der Waals surface area contributed by atoms with Gasteiger partial charge in [-0.3, -0.25) is 9.59 Å². The van der Waals surface area contributed by atoms with Crippen molar-refractivity contribution in [2.45, 2.75) is 12.8 Å². The molecule has 102 valence electrons. The lowest BCUT2D eigenvalue weighted by Crippen LogP contribution is -2.29. The summed E-state index contributed by atoms with van der Waals surface area (Å²) in [5, 5.41) is 8.73. The second-order valence-corrected chi connectivity index (χ2v) is 5.58. The van der Waals surface area contributed by atoms with Crippen LogP contribution in [-0.4, -0.2) is 35.0 Å². The Morgan fingerprint density at radius 3 is 2.79 bits per heavy atom. The molecule has 0 aliphatic carbocycles. The van der Waals surface area contributed by atoms with Crippen molar-refractivity contribution in [3.05, 3.63) is 34.1 Å². The van der Waals surface area contributed by atoms with E-state index in [1.807, 2.05) is 0 Å². The van der Waals surface area contributed by atoms with Crippen molar-refractivity contribution >= 4 is 27.8 Å². The number of rotatable bonds is 3. The number of carbonyl (C=O) groups is 2. The summed E-state index contributed by atoms with van der Waals surface area (Å²) in [6.45, 7) is 0.935. The van der Waals surface area contributed by atoms with E-state index < -0.39 is 11.8 Å². The smallest absolute Gasteiger partial charge is 0.303 e. The van der Waals surface area contributed by atoms with Gasteiger partial charge in [-0.05, 0) is 30.5 Å². The highest BCUT2D eigenvalue weighted by Gasteiger charge is 2.28. The van der Waals surface area contributed by atoms with E-state index in [1.165, 1.54) is 12.1 Å². The monoisotopic (exact) mass is 329 g/mol. The van der Waals surface area contributed by atoms with Crippen molar-refractivity contribution in [1.82, 2.24) is 4.90 Å². The molecule has 6 heteroatoms. The molecule has 2 rings (SSSR count). The van der Waals surface area contributed by atoms with Gasteiger partial charge in [0.2, 0.25) is 0 Å². The van der Waals surface area contributed by atoms with Gasteiger partial charge in [0.05, 0.1) is 0 Å². The molecule has 0 spiro atoms. The number of nitrogens with zero attached hydrogens (tertiary/aromatic N) is 1. The molecular weight excluding hydrogens is 317 g/mol. The van der Waals surface area contributed by atoms with E-state index in [2.05, 4.69) is 15.9 Å². The van der Waals surface area contributed by atoms with Gasteiger partial charge in [-0.15, -0.1) is 0 Å². The van der Waals surface area contributed by atoms with Crippen LogP contribution in [0.4, 0.5) is 4.39 Å². The van der Waals surface area contributed by atoms with Crippen molar-refractivity contribution in [3.8, 4) is 0 Å². The molecule has 1 aliphatic heterocycles. The largest absolute Gasteiger partial charge is 0.481 e. The number of amides is 1. The van der Waals surface area contributed by atoms with Crippen LogP contribution in [0.25, 0.3) is 0 Å². The van der Waals surface area contributed by atoms with Gasteiger partial charge >= 0.3 is 5.97 Å². The molecular formula is C13H13BrFNO3. The van der Waals surface area contributed by atoms with Crippen LogP contribution in [-0.2, 0) is 4.79 Å². The first-order valence-corrected chi connectivity index (χ1v) is 6.72. The van der Waals surface area contributed by atoms with E-state index in [-0.39, 0.29) is 23.8 Å². The highest BCUT2D eigenvalue weighted by Crippen LogP contribution is 2.23. The third-order valence-corrected chi connectivity index (χ3v) is 3.60. The van der Waals surface area contributed by atoms with Crippen molar-refractivity contribution in [3.63, 3.8) is 0 Å². The quantitative estimate of drug-likeness (QED) is 0.927. The Morgan fingerprint density at radius 1 is 1.42 bits per heavy atom. The summed E-state index contributed by atoms with van der Waals surface area (Å²) in [7, 11) is 0. The Morgan fingerprint density at radius 2 is 2.16 bits per heavy atom. The zero-order valence-corrected chi connectivity index (χ0v) is 11.7. The highest BCUT2D eigenvalue weighted by molar-refractivity contribution is 9.10. The number of hydrogen-bond acceptors (Lipinski definition) is 2. The maximum Gasteiger partial charge on any atom is 0.303 e. The van der Waals surface area contributed by atoms with Gasteiger partial charge in [-0.25, -0.2) is 4.39 Å². The lowest BCUT2D eigenvalue weighted by molar-refractivity contribution is -0.138. The summed E-state index contributed by atoms with van der Waals surface area (Å²) in [6.07, 6.45) is 0.741. The SMILES string of the molecule is O=C(O)CC1CCN(C(=O)c2cc(F)cc(Br)c2)C1. The zero-order valence-electron chi connectivity index (χ0n) is 10.1. The topological polar surface area (TPSA) is 57.6 Å². The number of hydrogen-bond donors (Lipinski definition) is 1. The number of aliphatic carboxylic acids is 1. The van der Waals surface area contributed by atoms with Crippen LogP contribution in [0, 0.1) is 11.7 Å². The molecule has 4 nitrogen and oxygen atoms in total. The van der Waals surface area contributed by atoms with Crippen LogP contribution < -0.4 is 0 Å². The minimum absolute atomic E-state index is 0.0153. The standard InChI is InChI=1S/C13H13BrFNO3/c14-10-4-9(5-11(15)6-10)13(19)16-2-1-8(7-16)3-12(17)18/h4-6,8H,1-3,7H2,(H,17,18). The van der Waals surface area contributed by atoms with Crippen LogP contribution in [0.1, 0.15) is 23.2 Å². The lowest BCUT2D eigenvalue weighted by Gasteiger charge is -2.16. The van der Waals surface area contributed by atoms with E-state index in [0.717, 1.165) is 0 Å². The lowest BCUT2D eigenvalue weighted by atomic mass is 10.1. The first-order valence-electron chi connectivity index (χ1n) is 5.93. The van der Waals surface area contributed by atoms with E-state index in [4.69, 9.17) is 5.11 Å². The molecule has 0 saturated carbocycles. The van der Waals surface area contributed by atoms with Gasteiger partial charge in [0.1, 0.15) is 5.82 Å². The highest BCUT2D eigenvalue weighted by atomic mass is 79.9. The molecule has 1 fully saturated rings. The van der Waals surface area contributed by atoms with Gasteiger partial charge in [0.15, 0.2) is 0 Å². The molecule has 1 aromatic carbocycles. The average Bonchev–Trinajstić information content (AvgIpc) is 2.74. The molecule has 1 saturated heterocycles. The fourth-order valence-electron chi connectivity index (χ4n) is 2.29. The number of halogens is 2. The first kappa shape index (κ1) is 14.0. The molecule has 0 bridgehead atoms. The van der Waals surface area contributed by atoms with Crippen LogP contribution in [0.5, 0.6) is 0 Å². The number of carboxylic acid groups (broad SMARTS) is 1. The first-order chi connectivity index (χ1) is 8.95. The molecule has 0 aromatic heterocycles. The van der Waals surface area contributed by atoms with E-state index in [0.29, 0.717) is 24.0 Å². The molecule has 1 atom stereocenters. The van der Waals surface area contributed by atoms with Gasteiger partial charge < -0.3 is 10.0 Å². The second kappa shape index (κ2) is 5.69. The molecule has 19 heavy (non-hydrogen) atoms. The van der Waals surface area contributed by atoms with Crippen LogP contribution in [0.3, 0.4) is 0 Å². The van der Waals surface area contributed by atoms with Gasteiger partial charge in [0.25, 0.3) is 5.91 Å².